The van der Waals surface area contributed by atoms with Crippen LogP contribution >= 0.6 is 0 Å². The highest BCUT2D eigenvalue weighted by molar-refractivity contribution is 5.60. The lowest BCUT2D eigenvalue weighted by molar-refractivity contribution is 0.550. The molecule has 0 saturated heterocycles. The van der Waals surface area contributed by atoms with Crippen molar-refractivity contribution in [2.75, 3.05) is 11.9 Å². The van der Waals surface area contributed by atoms with E-state index in [-0.39, 0.29) is 0 Å². The van der Waals surface area contributed by atoms with Crippen LogP contribution in [0.5, 0.6) is 0 Å². The van der Waals surface area contributed by atoms with E-state index in [2.05, 4.69) is 35.4 Å². The Labute approximate surface area is 107 Å². The quantitative estimate of drug-likeness (QED) is 0.845. The van der Waals surface area contributed by atoms with Crippen LogP contribution in [0, 0.1) is 5.92 Å². The van der Waals surface area contributed by atoms with Crippen LogP contribution in [0.4, 0.5) is 5.69 Å². The molecule has 2 rings (SSSR count). The molecule has 0 aliphatic heterocycles. The average molecular weight is 245 g/mol. The van der Waals surface area contributed by atoms with E-state index in [4.69, 9.17) is 4.42 Å². The molecule has 0 amide bonds. The van der Waals surface area contributed by atoms with E-state index < -0.39 is 0 Å². The van der Waals surface area contributed by atoms with Crippen LogP contribution in [0.1, 0.15) is 26.7 Å². The maximum atomic E-state index is 5.19. The van der Waals surface area contributed by atoms with Crippen molar-refractivity contribution in [3.8, 4) is 11.5 Å². The highest BCUT2D eigenvalue weighted by atomic mass is 16.4. The van der Waals surface area contributed by atoms with Crippen molar-refractivity contribution in [2.24, 2.45) is 5.92 Å². The maximum Gasteiger partial charge on any atom is 0.247 e. The molecule has 96 valence electrons. The summed E-state index contributed by atoms with van der Waals surface area (Å²) in [6, 6.07) is 8.05. The fourth-order valence-electron chi connectivity index (χ4n) is 1.95. The number of aromatic nitrogens is 2. The number of nitrogens with zero attached hydrogens (tertiary/aromatic N) is 2. The fraction of sp³-hybridized carbons (Fsp3) is 0.429. The average Bonchev–Trinajstić information content (AvgIpc) is 2.91. The Morgan fingerprint density at radius 3 is 3.00 bits per heavy atom. The lowest BCUT2D eigenvalue weighted by Crippen LogP contribution is -2.10. The molecule has 0 aliphatic carbocycles. The molecule has 0 fully saturated rings. The third-order valence-electron chi connectivity index (χ3n) is 2.91. The Balaban J connectivity index is 2.00. The van der Waals surface area contributed by atoms with Gasteiger partial charge in [0.25, 0.3) is 0 Å². The van der Waals surface area contributed by atoms with Crippen molar-refractivity contribution >= 4 is 5.69 Å². The smallest absolute Gasteiger partial charge is 0.247 e. The summed E-state index contributed by atoms with van der Waals surface area (Å²) in [4.78, 5) is 0. The fourth-order valence-corrected chi connectivity index (χ4v) is 1.95. The molecule has 18 heavy (non-hydrogen) atoms. The number of rotatable bonds is 6. The SMILES string of the molecule is CCCC(C)CNc1cccc(-c2nnco2)c1. The van der Waals surface area contributed by atoms with Crippen LogP contribution in [0.25, 0.3) is 11.5 Å². The van der Waals surface area contributed by atoms with Gasteiger partial charge in [-0.15, -0.1) is 10.2 Å². The third kappa shape index (κ3) is 3.32. The standard InChI is InChI=1S/C14H19N3O/c1-3-5-11(2)9-15-13-7-4-6-12(8-13)14-17-16-10-18-14/h4,6-8,10-11,15H,3,5,9H2,1-2H3. The van der Waals surface area contributed by atoms with E-state index in [0.717, 1.165) is 17.8 Å². The van der Waals surface area contributed by atoms with Gasteiger partial charge in [-0.1, -0.05) is 26.3 Å². The van der Waals surface area contributed by atoms with Gasteiger partial charge in [0.05, 0.1) is 0 Å². The minimum atomic E-state index is 0.556. The van der Waals surface area contributed by atoms with E-state index in [1.54, 1.807) is 0 Å². The number of benzene rings is 1. The molecule has 1 aromatic heterocycles. The second-order valence-electron chi connectivity index (χ2n) is 4.60. The molecule has 0 spiro atoms. The van der Waals surface area contributed by atoms with Crippen LogP contribution in [-0.4, -0.2) is 16.7 Å². The molecular weight excluding hydrogens is 226 g/mol. The van der Waals surface area contributed by atoms with Gasteiger partial charge in [-0.2, -0.15) is 0 Å². The van der Waals surface area contributed by atoms with E-state index in [1.807, 2.05) is 18.2 Å². The molecular formula is C14H19N3O. The summed E-state index contributed by atoms with van der Waals surface area (Å²) in [6.07, 6.45) is 3.82. The Bertz CT molecular complexity index is 468. The molecule has 2 aromatic rings. The van der Waals surface area contributed by atoms with Gasteiger partial charge in [-0.05, 0) is 30.5 Å². The molecule has 1 atom stereocenters. The number of hydrogen-bond acceptors (Lipinski definition) is 4. The highest BCUT2D eigenvalue weighted by Gasteiger charge is 2.05. The monoisotopic (exact) mass is 245 g/mol. The zero-order chi connectivity index (χ0) is 12.8. The van der Waals surface area contributed by atoms with Gasteiger partial charge in [0.2, 0.25) is 12.3 Å². The molecule has 4 heteroatoms. The maximum absolute atomic E-state index is 5.19. The minimum Gasteiger partial charge on any atom is -0.423 e. The topological polar surface area (TPSA) is 51.0 Å². The molecule has 1 N–H and O–H groups in total. The number of nitrogens with one attached hydrogen (secondary N) is 1. The summed E-state index contributed by atoms with van der Waals surface area (Å²) >= 11 is 0. The van der Waals surface area contributed by atoms with Crippen LogP contribution < -0.4 is 5.32 Å². The van der Waals surface area contributed by atoms with Gasteiger partial charge < -0.3 is 9.73 Å². The normalized spacial score (nSPS) is 12.3. The van der Waals surface area contributed by atoms with Gasteiger partial charge in [-0.25, -0.2) is 0 Å². The predicted octanol–water partition coefficient (Wildman–Crippen LogP) is 3.58. The summed E-state index contributed by atoms with van der Waals surface area (Å²) in [5.41, 5.74) is 2.04. The first-order valence-corrected chi connectivity index (χ1v) is 6.40. The lowest BCUT2D eigenvalue weighted by atomic mass is 10.1. The highest BCUT2D eigenvalue weighted by Crippen LogP contribution is 2.20. The van der Waals surface area contributed by atoms with Crippen LogP contribution in [0.2, 0.25) is 0 Å². The second kappa shape index (κ2) is 6.19. The molecule has 0 radical (unpaired) electrons. The van der Waals surface area contributed by atoms with Crippen molar-refractivity contribution in [3.05, 3.63) is 30.7 Å². The molecule has 0 bridgehead atoms. The second-order valence-corrected chi connectivity index (χ2v) is 4.60. The van der Waals surface area contributed by atoms with Crippen molar-refractivity contribution in [3.63, 3.8) is 0 Å². The first-order chi connectivity index (χ1) is 8.79. The predicted molar refractivity (Wildman–Crippen MR) is 72.3 cm³/mol. The van der Waals surface area contributed by atoms with E-state index in [1.165, 1.54) is 19.2 Å². The van der Waals surface area contributed by atoms with Crippen molar-refractivity contribution < 1.29 is 4.42 Å². The molecule has 1 aromatic carbocycles. The van der Waals surface area contributed by atoms with Crippen LogP contribution in [0.15, 0.2) is 35.1 Å². The molecule has 4 nitrogen and oxygen atoms in total. The van der Waals surface area contributed by atoms with E-state index >= 15 is 0 Å². The van der Waals surface area contributed by atoms with Crippen LogP contribution in [-0.2, 0) is 0 Å². The molecule has 0 saturated carbocycles. The molecule has 0 aliphatic rings. The molecule has 1 heterocycles. The van der Waals surface area contributed by atoms with Gasteiger partial charge in [-0.3, -0.25) is 0 Å². The first-order valence-electron chi connectivity index (χ1n) is 6.40. The summed E-state index contributed by atoms with van der Waals surface area (Å²) in [5.74, 6) is 1.24. The van der Waals surface area contributed by atoms with Gasteiger partial charge >= 0.3 is 0 Å². The largest absolute Gasteiger partial charge is 0.423 e. The van der Waals surface area contributed by atoms with Gasteiger partial charge in [0.1, 0.15) is 0 Å². The minimum absolute atomic E-state index is 0.556. The van der Waals surface area contributed by atoms with Crippen LogP contribution in [0.3, 0.4) is 0 Å². The van der Waals surface area contributed by atoms with E-state index in [9.17, 15) is 0 Å². The lowest BCUT2D eigenvalue weighted by Gasteiger charge is -2.12. The van der Waals surface area contributed by atoms with E-state index in [0.29, 0.717) is 11.8 Å². The summed E-state index contributed by atoms with van der Waals surface area (Å²) in [5, 5.41) is 11.0. The van der Waals surface area contributed by atoms with Crippen molar-refractivity contribution in [1.82, 2.24) is 10.2 Å². The summed E-state index contributed by atoms with van der Waals surface area (Å²) in [7, 11) is 0. The van der Waals surface area contributed by atoms with Crippen molar-refractivity contribution in [1.29, 1.82) is 0 Å². The summed E-state index contributed by atoms with van der Waals surface area (Å²) < 4.78 is 5.19. The molecule has 1 unspecified atom stereocenters. The van der Waals surface area contributed by atoms with Gasteiger partial charge in [0.15, 0.2) is 0 Å². The van der Waals surface area contributed by atoms with Gasteiger partial charge in [0, 0.05) is 17.8 Å². The third-order valence-corrected chi connectivity index (χ3v) is 2.91. The zero-order valence-corrected chi connectivity index (χ0v) is 10.9. The Kier molecular flexibility index (Phi) is 4.34. The number of hydrogen-bond donors (Lipinski definition) is 1. The zero-order valence-electron chi connectivity index (χ0n) is 10.9. The summed E-state index contributed by atoms with van der Waals surface area (Å²) in [6.45, 7) is 5.46. The Morgan fingerprint density at radius 1 is 1.39 bits per heavy atom. The Morgan fingerprint density at radius 2 is 2.28 bits per heavy atom. The Hall–Kier alpha value is -1.84. The number of anilines is 1. The first kappa shape index (κ1) is 12.6. The van der Waals surface area contributed by atoms with Crippen molar-refractivity contribution in [2.45, 2.75) is 26.7 Å².